The number of nitrogens with one attached hydrogen (secondary N) is 1. The van der Waals surface area contributed by atoms with Gasteiger partial charge in [0.25, 0.3) is 0 Å². The molecule has 2 aromatic heterocycles. The summed E-state index contributed by atoms with van der Waals surface area (Å²) in [7, 11) is 0. The van der Waals surface area contributed by atoms with Crippen LogP contribution in [0, 0.1) is 6.92 Å². The molecule has 2 aromatic carbocycles. The van der Waals surface area contributed by atoms with E-state index in [-0.39, 0.29) is 0 Å². The molecule has 2 heterocycles. The van der Waals surface area contributed by atoms with E-state index in [1.165, 1.54) is 33.4 Å². The van der Waals surface area contributed by atoms with Gasteiger partial charge in [0, 0.05) is 17.7 Å². The lowest BCUT2D eigenvalue weighted by Crippen LogP contribution is -2.06. The van der Waals surface area contributed by atoms with E-state index >= 15 is 0 Å². The Bertz CT molecular complexity index is 1100. The van der Waals surface area contributed by atoms with E-state index in [1.54, 1.807) is 0 Å². The lowest BCUT2D eigenvalue weighted by Gasteiger charge is -2.16. The molecule has 0 spiro atoms. The van der Waals surface area contributed by atoms with Crippen LogP contribution in [-0.2, 0) is 12.8 Å². The fourth-order valence-corrected chi connectivity index (χ4v) is 3.91. The van der Waals surface area contributed by atoms with Crippen molar-refractivity contribution in [3.05, 3.63) is 95.8 Å². The van der Waals surface area contributed by atoms with Crippen LogP contribution >= 0.6 is 0 Å². The second-order valence-corrected chi connectivity index (χ2v) is 7.14. The van der Waals surface area contributed by atoms with Gasteiger partial charge in [-0.3, -0.25) is 0 Å². The second kappa shape index (κ2) is 6.48. The number of hydrogen-bond donors (Lipinski definition) is 0. The van der Waals surface area contributed by atoms with Crippen molar-refractivity contribution in [1.29, 1.82) is 0 Å². The van der Waals surface area contributed by atoms with Crippen molar-refractivity contribution in [1.82, 2.24) is 0 Å². The molecule has 1 N–H and O–H groups in total. The Morgan fingerprint density at radius 1 is 0.778 bits per heavy atom. The lowest BCUT2D eigenvalue weighted by atomic mass is 9.85. The van der Waals surface area contributed by atoms with Crippen molar-refractivity contribution in [2.75, 3.05) is 0 Å². The molecule has 0 aliphatic heterocycles. The lowest BCUT2D eigenvalue weighted by molar-refractivity contribution is -0.377. The number of aromatic amines is 1. The molecule has 0 atom stereocenters. The van der Waals surface area contributed by atoms with Crippen LogP contribution in [0.5, 0.6) is 0 Å². The third kappa shape index (κ3) is 2.83. The maximum atomic E-state index is 6.51. The smallest absolute Gasteiger partial charge is 0.218 e. The van der Waals surface area contributed by atoms with Crippen molar-refractivity contribution in [3.63, 3.8) is 0 Å². The maximum Gasteiger partial charge on any atom is 0.364 e. The SMILES string of the molecule is Cc1ccc(-c2cc(-c3cc[nH+]cc3)c3c([o+]2)-c2ccccc2CC3)cc1. The number of H-pyrrole nitrogens is 1. The number of rotatable bonds is 2. The van der Waals surface area contributed by atoms with Crippen molar-refractivity contribution >= 4 is 0 Å². The van der Waals surface area contributed by atoms with Crippen LogP contribution < -0.4 is 4.98 Å². The molecule has 0 saturated carbocycles. The fourth-order valence-electron chi connectivity index (χ4n) is 3.91. The first kappa shape index (κ1) is 16.0. The van der Waals surface area contributed by atoms with E-state index in [9.17, 15) is 0 Å². The van der Waals surface area contributed by atoms with Gasteiger partial charge in [0.1, 0.15) is 0 Å². The highest BCUT2D eigenvalue weighted by atomic mass is 16.3. The minimum Gasteiger partial charge on any atom is -0.218 e. The van der Waals surface area contributed by atoms with Gasteiger partial charge >= 0.3 is 11.5 Å². The van der Waals surface area contributed by atoms with Crippen LogP contribution in [0.2, 0.25) is 0 Å². The fraction of sp³-hybridized carbons (Fsp3) is 0.120. The summed E-state index contributed by atoms with van der Waals surface area (Å²) in [6.45, 7) is 2.11. The quantitative estimate of drug-likeness (QED) is 0.420. The predicted octanol–water partition coefficient (Wildman–Crippen LogP) is 5.78. The van der Waals surface area contributed by atoms with Gasteiger partial charge in [-0.1, -0.05) is 35.9 Å². The first-order valence-electron chi connectivity index (χ1n) is 9.41. The average Bonchev–Trinajstić information content (AvgIpc) is 2.74. The summed E-state index contributed by atoms with van der Waals surface area (Å²) in [6, 6.07) is 23.6. The van der Waals surface area contributed by atoms with E-state index in [0.717, 1.165) is 29.9 Å². The van der Waals surface area contributed by atoms with E-state index < -0.39 is 0 Å². The Labute approximate surface area is 159 Å². The van der Waals surface area contributed by atoms with Gasteiger partial charge in [-0.25, -0.2) is 9.40 Å². The van der Waals surface area contributed by atoms with Gasteiger partial charge in [0.15, 0.2) is 12.4 Å². The molecule has 1 aliphatic rings. The summed E-state index contributed by atoms with van der Waals surface area (Å²) in [6.07, 6.45) is 6.01. The van der Waals surface area contributed by atoms with Crippen LogP contribution in [0.4, 0.5) is 0 Å². The zero-order valence-electron chi connectivity index (χ0n) is 15.3. The normalized spacial score (nSPS) is 12.3. The Kier molecular flexibility index (Phi) is 3.83. The molecule has 0 unspecified atom stereocenters. The standard InChI is InChI=1S/C25H20NO/c1-17-6-8-20(9-7-17)24-16-23(19-12-14-26-15-13-19)22-11-10-18-4-2-3-5-21(18)25(22)27-24/h2-9,12-16H,10-11H2,1H3/q+1/p+1. The Morgan fingerprint density at radius 3 is 2.37 bits per heavy atom. The molecule has 27 heavy (non-hydrogen) atoms. The van der Waals surface area contributed by atoms with Gasteiger partial charge < -0.3 is 0 Å². The van der Waals surface area contributed by atoms with Crippen LogP contribution in [0.15, 0.2) is 83.5 Å². The van der Waals surface area contributed by atoms with Crippen molar-refractivity contribution in [2.24, 2.45) is 0 Å². The largest absolute Gasteiger partial charge is 0.364 e. The molecule has 0 fully saturated rings. The Hall–Kier alpha value is -3.26. The van der Waals surface area contributed by atoms with E-state index in [0.29, 0.717) is 0 Å². The minimum absolute atomic E-state index is 0.910. The number of aromatic nitrogens is 1. The van der Waals surface area contributed by atoms with Crippen molar-refractivity contribution in [2.45, 2.75) is 19.8 Å². The number of benzene rings is 2. The highest BCUT2D eigenvalue weighted by Gasteiger charge is 2.31. The molecule has 0 radical (unpaired) electrons. The topological polar surface area (TPSA) is 25.4 Å². The van der Waals surface area contributed by atoms with Crippen LogP contribution in [0.25, 0.3) is 33.8 Å². The predicted molar refractivity (Wildman–Crippen MR) is 108 cm³/mol. The first-order chi connectivity index (χ1) is 13.3. The zero-order valence-corrected chi connectivity index (χ0v) is 15.3. The van der Waals surface area contributed by atoms with E-state index in [1.807, 2.05) is 12.4 Å². The number of hydrogen-bond acceptors (Lipinski definition) is 0. The summed E-state index contributed by atoms with van der Waals surface area (Å²) in [5, 5.41) is 0. The molecule has 130 valence electrons. The summed E-state index contributed by atoms with van der Waals surface area (Å²) >= 11 is 0. The number of fused-ring (bicyclic) bond motifs is 3. The van der Waals surface area contributed by atoms with Crippen LogP contribution in [0.3, 0.4) is 0 Å². The molecule has 1 aliphatic carbocycles. The highest BCUT2D eigenvalue weighted by Crippen LogP contribution is 2.41. The molecular weight excluding hydrogens is 330 g/mol. The Morgan fingerprint density at radius 2 is 1.56 bits per heavy atom. The molecule has 0 bridgehead atoms. The van der Waals surface area contributed by atoms with Gasteiger partial charge in [-0.05, 0) is 49.1 Å². The highest BCUT2D eigenvalue weighted by molar-refractivity contribution is 5.81. The van der Waals surface area contributed by atoms with Crippen molar-refractivity contribution < 1.29 is 9.40 Å². The molecule has 5 rings (SSSR count). The minimum atomic E-state index is 0.910. The molecule has 0 amide bonds. The van der Waals surface area contributed by atoms with E-state index in [2.05, 4.69) is 78.6 Å². The zero-order chi connectivity index (χ0) is 18.2. The Balaban J connectivity index is 1.79. The van der Waals surface area contributed by atoms with Crippen molar-refractivity contribution in [3.8, 4) is 33.8 Å². The second-order valence-electron chi connectivity index (χ2n) is 7.14. The third-order valence-electron chi connectivity index (χ3n) is 5.36. The summed E-state index contributed by atoms with van der Waals surface area (Å²) in [5.74, 6) is 1.92. The molecule has 4 aromatic rings. The van der Waals surface area contributed by atoms with Gasteiger partial charge in [-0.15, -0.1) is 0 Å². The van der Waals surface area contributed by atoms with Gasteiger partial charge in [0.2, 0.25) is 0 Å². The van der Waals surface area contributed by atoms with Gasteiger partial charge in [-0.2, -0.15) is 0 Å². The average molecular weight is 351 g/mol. The number of aryl methyl sites for hydroxylation is 2. The van der Waals surface area contributed by atoms with E-state index in [4.69, 9.17) is 4.42 Å². The maximum absolute atomic E-state index is 6.51. The number of pyridine rings is 1. The summed E-state index contributed by atoms with van der Waals surface area (Å²) in [4.78, 5) is 3.13. The van der Waals surface area contributed by atoms with Crippen LogP contribution in [0.1, 0.15) is 16.7 Å². The molecule has 2 heteroatoms. The van der Waals surface area contributed by atoms with Gasteiger partial charge in [0.05, 0.1) is 22.8 Å². The summed E-state index contributed by atoms with van der Waals surface area (Å²) in [5.41, 5.74) is 8.72. The van der Waals surface area contributed by atoms with Crippen LogP contribution in [-0.4, -0.2) is 0 Å². The third-order valence-corrected chi connectivity index (χ3v) is 5.36. The monoisotopic (exact) mass is 351 g/mol. The molecule has 0 saturated heterocycles. The summed E-state index contributed by atoms with van der Waals surface area (Å²) < 4.78 is 6.51. The first-order valence-corrected chi connectivity index (χ1v) is 9.41. The molecular formula is C25H21NO+2. The molecule has 2 nitrogen and oxygen atoms in total.